The number of hydrogen-bond acceptors (Lipinski definition) is 1. The Balaban J connectivity index is 2.59. The fourth-order valence-electron chi connectivity index (χ4n) is 1.74. The number of nitrogens with two attached hydrogens (primary N) is 1. The van der Waals surface area contributed by atoms with Crippen LogP contribution in [0.15, 0.2) is 0 Å². The fraction of sp³-hybridized carbons (Fsp3) is 1.00. The molecule has 0 heterocycles. The van der Waals surface area contributed by atoms with E-state index in [1.807, 2.05) is 0 Å². The SMILES string of the molecule is NC1CCCCCC1C(F)(F)F. The third-order valence-corrected chi connectivity index (χ3v) is 2.49. The van der Waals surface area contributed by atoms with E-state index in [0.29, 0.717) is 12.8 Å². The summed E-state index contributed by atoms with van der Waals surface area (Å²) < 4.78 is 36.9. The molecule has 1 nitrogen and oxygen atoms in total. The molecule has 0 saturated heterocycles. The summed E-state index contributed by atoms with van der Waals surface area (Å²) in [7, 11) is 0. The first-order chi connectivity index (χ1) is 5.52. The van der Waals surface area contributed by atoms with Crippen molar-refractivity contribution in [3.05, 3.63) is 0 Å². The van der Waals surface area contributed by atoms with Gasteiger partial charge >= 0.3 is 6.18 Å². The van der Waals surface area contributed by atoms with Crippen molar-refractivity contribution in [1.82, 2.24) is 0 Å². The molecule has 12 heavy (non-hydrogen) atoms. The Kier molecular flexibility index (Phi) is 2.99. The molecular weight excluding hydrogens is 167 g/mol. The molecule has 1 saturated carbocycles. The first-order valence-corrected chi connectivity index (χ1v) is 4.34. The molecule has 0 bridgehead atoms. The zero-order valence-electron chi connectivity index (χ0n) is 6.90. The van der Waals surface area contributed by atoms with Gasteiger partial charge in [0.2, 0.25) is 0 Å². The molecule has 72 valence electrons. The van der Waals surface area contributed by atoms with E-state index in [1.165, 1.54) is 0 Å². The summed E-state index contributed by atoms with van der Waals surface area (Å²) in [4.78, 5) is 0. The zero-order valence-corrected chi connectivity index (χ0v) is 6.90. The minimum Gasteiger partial charge on any atom is -0.327 e. The molecule has 1 fully saturated rings. The predicted octanol–water partition coefficient (Wildman–Crippen LogP) is 2.46. The quantitative estimate of drug-likeness (QED) is 0.571. The Morgan fingerprint density at radius 2 is 1.58 bits per heavy atom. The van der Waals surface area contributed by atoms with Crippen LogP contribution in [0, 0.1) is 5.92 Å². The number of halogens is 3. The molecular formula is C8H14F3N. The molecule has 1 aliphatic rings. The van der Waals surface area contributed by atoms with Crippen LogP contribution >= 0.6 is 0 Å². The van der Waals surface area contributed by atoms with E-state index in [0.717, 1.165) is 12.8 Å². The molecule has 4 heteroatoms. The molecule has 0 amide bonds. The lowest BCUT2D eigenvalue weighted by atomic mass is 9.95. The van der Waals surface area contributed by atoms with E-state index in [1.54, 1.807) is 0 Å². The lowest BCUT2D eigenvalue weighted by Gasteiger charge is -2.23. The van der Waals surface area contributed by atoms with Crippen molar-refractivity contribution < 1.29 is 13.2 Å². The lowest BCUT2D eigenvalue weighted by molar-refractivity contribution is -0.181. The Labute approximate surface area is 70.1 Å². The molecule has 2 N–H and O–H groups in total. The van der Waals surface area contributed by atoms with Crippen LogP contribution in [0.5, 0.6) is 0 Å². The van der Waals surface area contributed by atoms with Crippen LogP contribution in [0.25, 0.3) is 0 Å². The Bertz CT molecular complexity index is 144. The highest BCUT2D eigenvalue weighted by Gasteiger charge is 2.43. The fourth-order valence-corrected chi connectivity index (χ4v) is 1.74. The lowest BCUT2D eigenvalue weighted by Crippen LogP contribution is -2.38. The predicted molar refractivity (Wildman–Crippen MR) is 40.6 cm³/mol. The van der Waals surface area contributed by atoms with Gasteiger partial charge in [0, 0.05) is 6.04 Å². The highest BCUT2D eigenvalue weighted by atomic mass is 19.4. The third kappa shape index (κ3) is 2.37. The summed E-state index contributed by atoms with van der Waals surface area (Å²) in [6, 6.07) is -0.674. The van der Waals surface area contributed by atoms with E-state index in [9.17, 15) is 13.2 Å². The van der Waals surface area contributed by atoms with E-state index in [-0.39, 0.29) is 6.42 Å². The molecule has 0 aromatic carbocycles. The molecule has 1 aliphatic carbocycles. The molecule has 0 radical (unpaired) electrons. The van der Waals surface area contributed by atoms with Gasteiger partial charge in [-0.3, -0.25) is 0 Å². The maximum Gasteiger partial charge on any atom is 0.393 e. The molecule has 1 rings (SSSR count). The van der Waals surface area contributed by atoms with Crippen molar-refractivity contribution in [2.24, 2.45) is 11.7 Å². The second-order valence-corrected chi connectivity index (χ2v) is 3.45. The summed E-state index contributed by atoms with van der Waals surface area (Å²) in [5.74, 6) is -1.26. The molecule has 0 aromatic rings. The van der Waals surface area contributed by atoms with Crippen molar-refractivity contribution in [3.8, 4) is 0 Å². The average Bonchev–Trinajstić information content (AvgIpc) is 2.11. The summed E-state index contributed by atoms with van der Waals surface area (Å²) in [5.41, 5.74) is 5.45. The van der Waals surface area contributed by atoms with Gasteiger partial charge in [-0.1, -0.05) is 19.3 Å². The third-order valence-electron chi connectivity index (χ3n) is 2.49. The van der Waals surface area contributed by atoms with Crippen LogP contribution in [0.1, 0.15) is 32.1 Å². The largest absolute Gasteiger partial charge is 0.393 e. The van der Waals surface area contributed by atoms with Gasteiger partial charge in [-0.05, 0) is 12.8 Å². The van der Waals surface area contributed by atoms with E-state index < -0.39 is 18.1 Å². The standard InChI is InChI=1S/C8H14F3N/c9-8(10,11)6-4-2-1-3-5-7(6)12/h6-7H,1-5,12H2. The minimum absolute atomic E-state index is 0.213. The normalized spacial score (nSPS) is 33.0. The summed E-state index contributed by atoms with van der Waals surface area (Å²) >= 11 is 0. The van der Waals surface area contributed by atoms with Crippen LogP contribution in [-0.4, -0.2) is 12.2 Å². The topological polar surface area (TPSA) is 26.0 Å². The number of hydrogen-bond donors (Lipinski definition) is 1. The van der Waals surface area contributed by atoms with Gasteiger partial charge in [0.15, 0.2) is 0 Å². The maximum atomic E-state index is 12.3. The van der Waals surface area contributed by atoms with E-state index in [2.05, 4.69) is 0 Å². The van der Waals surface area contributed by atoms with Gasteiger partial charge in [-0.2, -0.15) is 13.2 Å². The number of rotatable bonds is 0. The molecule has 0 aromatic heterocycles. The van der Waals surface area contributed by atoms with Gasteiger partial charge in [-0.25, -0.2) is 0 Å². The van der Waals surface area contributed by atoms with Crippen molar-refractivity contribution in [2.45, 2.75) is 44.3 Å². The van der Waals surface area contributed by atoms with E-state index >= 15 is 0 Å². The molecule has 0 aliphatic heterocycles. The first kappa shape index (κ1) is 9.84. The summed E-state index contributed by atoms with van der Waals surface area (Å²) in [5, 5.41) is 0. The summed E-state index contributed by atoms with van der Waals surface area (Å²) in [6.45, 7) is 0. The summed E-state index contributed by atoms with van der Waals surface area (Å²) in [6.07, 6.45) is -0.968. The Morgan fingerprint density at radius 1 is 1.00 bits per heavy atom. The molecule has 2 unspecified atom stereocenters. The monoisotopic (exact) mass is 181 g/mol. The smallest absolute Gasteiger partial charge is 0.327 e. The maximum absolute atomic E-state index is 12.3. The zero-order chi connectivity index (χ0) is 9.19. The van der Waals surface area contributed by atoms with Crippen molar-refractivity contribution in [3.63, 3.8) is 0 Å². The van der Waals surface area contributed by atoms with Gasteiger partial charge in [0.25, 0.3) is 0 Å². The highest BCUT2D eigenvalue weighted by Crippen LogP contribution is 2.35. The average molecular weight is 181 g/mol. The first-order valence-electron chi connectivity index (χ1n) is 4.34. The Hall–Kier alpha value is -0.250. The number of alkyl halides is 3. The van der Waals surface area contributed by atoms with Gasteiger partial charge in [0.05, 0.1) is 5.92 Å². The highest BCUT2D eigenvalue weighted by molar-refractivity contribution is 4.81. The van der Waals surface area contributed by atoms with Crippen LogP contribution in [-0.2, 0) is 0 Å². The van der Waals surface area contributed by atoms with Crippen LogP contribution in [0.2, 0.25) is 0 Å². The van der Waals surface area contributed by atoms with Crippen molar-refractivity contribution in [1.29, 1.82) is 0 Å². The van der Waals surface area contributed by atoms with Crippen LogP contribution in [0.3, 0.4) is 0 Å². The second-order valence-electron chi connectivity index (χ2n) is 3.45. The van der Waals surface area contributed by atoms with Crippen LogP contribution in [0.4, 0.5) is 13.2 Å². The Morgan fingerprint density at radius 3 is 2.17 bits per heavy atom. The van der Waals surface area contributed by atoms with Gasteiger partial charge in [-0.15, -0.1) is 0 Å². The molecule has 2 atom stereocenters. The van der Waals surface area contributed by atoms with E-state index in [4.69, 9.17) is 5.73 Å². The van der Waals surface area contributed by atoms with Gasteiger partial charge < -0.3 is 5.73 Å². The van der Waals surface area contributed by atoms with Crippen molar-refractivity contribution >= 4 is 0 Å². The minimum atomic E-state index is -4.09. The van der Waals surface area contributed by atoms with Crippen LogP contribution < -0.4 is 5.73 Å². The van der Waals surface area contributed by atoms with Gasteiger partial charge in [0.1, 0.15) is 0 Å². The second kappa shape index (κ2) is 3.64. The molecule has 0 spiro atoms. The van der Waals surface area contributed by atoms with Crippen molar-refractivity contribution in [2.75, 3.05) is 0 Å².